The molecule has 12 nitrogen and oxygen atoms in total. The molecular formula is C35H44N4O8. The summed E-state index contributed by atoms with van der Waals surface area (Å²) in [4.78, 5) is 35.1. The first-order valence-electron chi connectivity index (χ1n) is 15.2. The van der Waals surface area contributed by atoms with Crippen molar-refractivity contribution in [3.05, 3.63) is 97.5 Å². The first-order chi connectivity index (χ1) is 22.5. The number of hydrogen-bond donors (Lipinski definition) is 4. The molecule has 5 N–H and O–H groups in total. The second kappa shape index (κ2) is 18.1. The second-order valence-electron chi connectivity index (χ2n) is 11.6. The van der Waals surface area contributed by atoms with Gasteiger partial charge in [-0.1, -0.05) is 61.7 Å². The van der Waals surface area contributed by atoms with Crippen molar-refractivity contribution in [3.63, 3.8) is 0 Å². The maximum atomic E-state index is 12.2. The third-order valence-electron chi connectivity index (χ3n) is 6.46. The van der Waals surface area contributed by atoms with Gasteiger partial charge >= 0.3 is 18.3 Å². The molecule has 12 heteroatoms. The van der Waals surface area contributed by atoms with E-state index in [9.17, 15) is 14.4 Å². The van der Waals surface area contributed by atoms with Crippen LogP contribution in [-0.4, -0.2) is 62.3 Å². The molecule has 0 bridgehead atoms. The summed E-state index contributed by atoms with van der Waals surface area (Å²) in [6.45, 7) is 13.1. The van der Waals surface area contributed by atoms with Crippen LogP contribution in [0.15, 0.2) is 95.2 Å². The Morgan fingerprint density at radius 3 is 1.79 bits per heavy atom. The minimum atomic E-state index is -0.618. The lowest BCUT2D eigenvalue weighted by Crippen LogP contribution is -2.46. The highest BCUT2D eigenvalue weighted by molar-refractivity contribution is 5.81. The SMILES string of the molecule is C=CCOC(=O)NC[C@@H](Cc1coc2ccccc12)NC(=O)OC(C)(C)C.C=CCOC(=O)NC[C@H](N)Cc1coc2ccccc12. The molecule has 0 saturated heterocycles. The number of nitrogens with one attached hydrogen (secondary N) is 3. The molecule has 47 heavy (non-hydrogen) atoms. The van der Waals surface area contributed by atoms with Crippen LogP contribution in [0.25, 0.3) is 21.9 Å². The molecule has 2 atom stereocenters. The van der Waals surface area contributed by atoms with E-state index in [1.807, 2.05) is 48.5 Å². The molecule has 2 aromatic heterocycles. The number of carbonyl (C=O) groups excluding carboxylic acids is 3. The van der Waals surface area contributed by atoms with Gasteiger partial charge in [-0.3, -0.25) is 0 Å². The average molecular weight is 649 g/mol. The van der Waals surface area contributed by atoms with E-state index < -0.39 is 29.9 Å². The van der Waals surface area contributed by atoms with Crippen LogP contribution in [0.5, 0.6) is 0 Å². The van der Waals surface area contributed by atoms with Gasteiger partial charge in [0.25, 0.3) is 0 Å². The molecule has 0 saturated carbocycles. The van der Waals surface area contributed by atoms with Crippen molar-refractivity contribution in [2.75, 3.05) is 26.3 Å². The number of hydrogen-bond acceptors (Lipinski definition) is 9. The Kier molecular flexibility index (Phi) is 13.9. The lowest BCUT2D eigenvalue weighted by molar-refractivity contribution is 0.0502. The fourth-order valence-electron chi connectivity index (χ4n) is 4.44. The molecule has 0 aliphatic carbocycles. The van der Waals surface area contributed by atoms with Crippen molar-refractivity contribution in [3.8, 4) is 0 Å². The molecule has 0 spiro atoms. The van der Waals surface area contributed by atoms with E-state index in [2.05, 4.69) is 29.1 Å². The second-order valence-corrected chi connectivity index (χ2v) is 11.6. The number of para-hydroxylation sites is 2. The lowest BCUT2D eigenvalue weighted by Gasteiger charge is -2.23. The first-order valence-corrected chi connectivity index (χ1v) is 15.2. The largest absolute Gasteiger partial charge is 0.464 e. The van der Waals surface area contributed by atoms with Gasteiger partial charge in [0.15, 0.2) is 0 Å². The van der Waals surface area contributed by atoms with Crippen LogP contribution >= 0.6 is 0 Å². The number of ether oxygens (including phenoxy) is 3. The molecule has 4 rings (SSSR count). The number of fused-ring (bicyclic) bond motifs is 2. The normalized spacial score (nSPS) is 12.2. The average Bonchev–Trinajstić information content (AvgIpc) is 3.64. The maximum Gasteiger partial charge on any atom is 0.407 e. The summed E-state index contributed by atoms with van der Waals surface area (Å²) in [5.74, 6) is 0. The van der Waals surface area contributed by atoms with Crippen LogP contribution in [0.3, 0.4) is 0 Å². The van der Waals surface area contributed by atoms with Gasteiger partial charge < -0.3 is 44.7 Å². The molecule has 0 radical (unpaired) electrons. The Bertz CT molecular complexity index is 1620. The molecule has 252 valence electrons. The van der Waals surface area contributed by atoms with Gasteiger partial charge in [0.2, 0.25) is 0 Å². The van der Waals surface area contributed by atoms with Crippen LogP contribution in [0, 0.1) is 0 Å². The summed E-state index contributed by atoms with van der Waals surface area (Å²) in [6, 6.07) is 14.8. The zero-order valence-electron chi connectivity index (χ0n) is 27.1. The fourth-order valence-corrected chi connectivity index (χ4v) is 4.44. The topological polar surface area (TPSA) is 167 Å². The minimum Gasteiger partial charge on any atom is -0.464 e. The zero-order chi connectivity index (χ0) is 34.2. The summed E-state index contributed by atoms with van der Waals surface area (Å²) in [7, 11) is 0. The van der Waals surface area contributed by atoms with Crippen molar-refractivity contribution in [1.82, 2.24) is 16.0 Å². The number of rotatable bonds is 13. The first kappa shape index (κ1) is 36.2. The smallest absolute Gasteiger partial charge is 0.407 e. The predicted molar refractivity (Wildman–Crippen MR) is 180 cm³/mol. The Hall–Kier alpha value is -5.23. The monoisotopic (exact) mass is 648 g/mol. The molecule has 4 aromatic rings. The fraction of sp³-hybridized carbons (Fsp3) is 0.343. The van der Waals surface area contributed by atoms with Crippen LogP contribution in [0.1, 0.15) is 31.9 Å². The van der Waals surface area contributed by atoms with Crippen molar-refractivity contribution in [1.29, 1.82) is 0 Å². The van der Waals surface area contributed by atoms with Crippen molar-refractivity contribution in [2.24, 2.45) is 5.73 Å². The van der Waals surface area contributed by atoms with Gasteiger partial charge in [-0.2, -0.15) is 0 Å². The third kappa shape index (κ3) is 12.6. The zero-order valence-corrected chi connectivity index (χ0v) is 27.1. The number of furan rings is 2. The number of nitrogens with two attached hydrogens (primary N) is 1. The van der Waals surface area contributed by atoms with E-state index in [0.717, 1.165) is 33.1 Å². The molecule has 0 unspecified atom stereocenters. The Morgan fingerprint density at radius 1 is 0.787 bits per heavy atom. The van der Waals surface area contributed by atoms with Crippen LogP contribution in [0.4, 0.5) is 14.4 Å². The maximum absolute atomic E-state index is 12.2. The number of alkyl carbamates (subject to hydrolysis) is 3. The minimum absolute atomic E-state index is 0.113. The van der Waals surface area contributed by atoms with E-state index in [1.165, 1.54) is 12.2 Å². The van der Waals surface area contributed by atoms with Gasteiger partial charge in [0.1, 0.15) is 30.0 Å². The Balaban J connectivity index is 0.000000267. The van der Waals surface area contributed by atoms with E-state index in [0.29, 0.717) is 19.4 Å². The van der Waals surface area contributed by atoms with Gasteiger partial charge in [-0.05, 0) is 51.3 Å². The van der Waals surface area contributed by atoms with Crippen molar-refractivity contribution in [2.45, 2.75) is 51.3 Å². The standard InChI is InChI=1S/C20H26N2O5.C15H18N2O3/c1-5-10-25-18(23)21-12-15(22-19(24)27-20(2,3)4)11-14-13-26-17-9-7-6-8-16(14)17;1-2-7-19-15(18)17-9-12(16)8-11-10-20-14-6-4-3-5-13(11)14/h5-9,13,15H,1,10-12H2,2-4H3,(H,21,23)(H,22,24);2-6,10,12H,1,7-9,16H2,(H,17,18)/t15-;12-/m11/s1. The molecule has 2 heterocycles. The summed E-state index contributed by atoms with van der Waals surface area (Å²) < 4.78 is 26.0. The van der Waals surface area contributed by atoms with E-state index in [4.69, 9.17) is 28.8 Å². The Labute approximate surface area is 274 Å². The lowest BCUT2D eigenvalue weighted by atomic mass is 10.1. The predicted octanol–water partition coefficient (Wildman–Crippen LogP) is 6.00. The van der Waals surface area contributed by atoms with Crippen molar-refractivity contribution < 1.29 is 37.4 Å². The van der Waals surface area contributed by atoms with Crippen LogP contribution < -0.4 is 21.7 Å². The van der Waals surface area contributed by atoms with Gasteiger partial charge in [0.05, 0.1) is 18.6 Å². The van der Waals surface area contributed by atoms with Crippen LogP contribution in [-0.2, 0) is 27.1 Å². The molecular weight excluding hydrogens is 604 g/mol. The molecule has 0 aliphatic rings. The summed E-state index contributed by atoms with van der Waals surface area (Å²) in [6.07, 6.45) is 5.81. The highest BCUT2D eigenvalue weighted by atomic mass is 16.6. The molecule has 0 aliphatic heterocycles. The molecule has 0 fully saturated rings. The summed E-state index contributed by atoms with van der Waals surface area (Å²) in [5.41, 5.74) is 8.95. The van der Waals surface area contributed by atoms with Crippen molar-refractivity contribution >= 4 is 40.2 Å². The van der Waals surface area contributed by atoms with Crippen LogP contribution in [0.2, 0.25) is 0 Å². The van der Waals surface area contributed by atoms with E-state index in [1.54, 1.807) is 33.3 Å². The number of benzene rings is 2. The van der Waals surface area contributed by atoms with Gasteiger partial charge in [0, 0.05) is 35.5 Å². The molecule has 3 amide bonds. The highest BCUT2D eigenvalue weighted by Gasteiger charge is 2.22. The summed E-state index contributed by atoms with van der Waals surface area (Å²) in [5, 5.41) is 10.1. The quantitative estimate of drug-likeness (QED) is 0.100. The highest BCUT2D eigenvalue weighted by Crippen LogP contribution is 2.23. The molecule has 2 aromatic carbocycles. The third-order valence-corrected chi connectivity index (χ3v) is 6.46. The number of carbonyl (C=O) groups is 3. The van der Waals surface area contributed by atoms with E-state index in [-0.39, 0.29) is 25.8 Å². The number of amides is 3. The van der Waals surface area contributed by atoms with Gasteiger partial charge in [-0.25, -0.2) is 14.4 Å². The van der Waals surface area contributed by atoms with E-state index >= 15 is 0 Å². The summed E-state index contributed by atoms with van der Waals surface area (Å²) >= 11 is 0. The van der Waals surface area contributed by atoms with Gasteiger partial charge in [-0.15, -0.1) is 0 Å². The Morgan fingerprint density at radius 2 is 1.28 bits per heavy atom.